The van der Waals surface area contributed by atoms with Crippen molar-refractivity contribution in [2.45, 2.75) is 26.2 Å². The lowest BCUT2D eigenvalue weighted by atomic mass is 10.1. The summed E-state index contributed by atoms with van der Waals surface area (Å²) < 4.78 is 10.4. The highest BCUT2D eigenvalue weighted by Gasteiger charge is 2.13. The number of methoxy groups -OCH3 is 1. The van der Waals surface area contributed by atoms with Crippen molar-refractivity contribution in [2.24, 2.45) is 0 Å². The molecule has 0 fully saturated rings. The Balaban J connectivity index is 1.94. The van der Waals surface area contributed by atoms with E-state index < -0.39 is 11.9 Å². The van der Waals surface area contributed by atoms with E-state index in [4.69, 9.17) is 9.47 Å². The zero-order chi connectivity index (χ0) is 22.5. The molecule has 162 valence electrons. The predicted molar refractivity (Wildman–Crippen MR) is 119 cm³/mol. The first-order valence-electron chi connectivity index (χ1n) is 10.1. The number of nitrogens with one attached hydrogen (secondary N) is 2. The van der Waals surface area contributed by atoms with Crippen LogP contribution in [0.4, 0.5) is 5.69 Å². The molecule has 2 N–H and O–H groups in total. The molecule has 0 heterocycles. The lowest BCUT2D eigenvalue weighted by molar-refractivity contribution is -0.117. The fourth-order valence-electron chi connectivity index (χ4n) is 2.68. The van der Waals surface area contributed by atoms with Crippen LogP contribution in [0.5, 0.6) is 5.75 Å². The third kappa shape index (κ3) is 7.52. The number of carbonyl (C=O) groups excluding carboxylic acids is 2. The van der Waals surface area contributed by atoms with Gasteiger partial charge >= 0.3 is 5.97 Å². The van der Waals surface area contributed by atoms with Crippen LogP contribution in [0.1, 0.15) is 35.7 Å². The molecule has 0 unspecified atom stereocenters. The van der Waals surface area contributed by atoms with Crippen LogP contribution < -0.4 is 15.4 Å². The second kappa shape index (κ2) is 12.7. The van der Waals surface area contributed by atoms with E-state index in [2.05, 4.69) is 10.6 Å². The number of carbonyl (C=O) groups is 2. The predicted octanol–water partition coefficient (Wildman–Crippen LogP) is 3.83. The van der Waals surface area contributed by atoms with Gasteiger partial charge in [0, 0.05) is 12.7 Å². The Bertz CT molecular complexity index is 946. The highest BCUT2D eigenvalue weighted by molar-refractivity contribution is 5.98. The summed E-state index contributed by atoms with van der Waals surface area (Å²) >= 11 is 0. The number of ether oxygens (including phenoxy) is 2. The molecule has 0 aromatic heterocycles. The number of anilines is 1. The maximum absolute atomic E-state index is 12.3. The van der Waals surface area contributed by atoms with Crippen molar-refractivity contribution in [1.82, 2.24) is 5.32 Å². The SMILES string of the molecule is CCCCOC(=O)c1ccccc1N/C=C(/C#N)C(=O)NCCc1ccc(OC)cc1. The van der Waals surface area contributed by atoms with Gasteiger partial charge < -0.3 is 20.1 Å². The van der Waals surface area contributed by atoms with E-state index in [1.807, 2.05) is 37.3 Å². The van der Waals surface area contributed by atoms with Crippen LogP contribution in [-0.4, -0.2) is 32.1 Å². The number of unbranched alkanes of at least 4 members (excludes halogenated alkanes) is 1. The van der Waals surface area contributed by atoms with Crippen LogP contribution in [0.2, 0.25) is 0 Å². The number of para-hydroxylation sites is 1. The van der Waals surface area contributed by atoms with Crippen molar-refractivity contribution >= 4 is 17.6 Å². The number of esters is 1. The zero-order valence-corrected chi connectivity index (χ0v) is 17.8. The molecule has 0 radical (unpaired) electrons. The van der Waals surface area contributed by atoms with Crippen LogP contribution in [0, 0.1) is 11.3 Å². The minimum Gasteiger partial charge on any atom is -0.497 e. The molecule has 0 aliphatic carbocycles. The fourth-order valence-corrected chi connectivity index (χ4v) is 2.68. The van der Waals surface area contributed by atoms with E-state index in [1.54, 1.807) is 31.4 Å². The van der Waals surface area contributed by atoms with E-state index in [1.165, 1.54) is 6.20 Å². The Labute approximate surface area is 182 Å². The van der Waals surface area contributed by atoms with Crippen molar-refractivity contribution in [3.05, 3.63) is 71.4 Å². The zero-order valence-electron chi connectivity index (χ0n) is 17.8. The molecule has 0 atom stereocenters. The standard InChI is InChI=1S/C24H27N3O4/c1-3-4-15-31-24(29)21-7-5-6-8-22(21)27-17-19(16-25)23(28)26-14-13-18-9-11-20(30-2)12-10-18/h5-12,17,27H,3-4,13-15H2,1-2H3,(H,26,28)/b19-17-. The summed E-state index contributed by atoms with van der Waals surface area (Å²) in [6.07, 6.45) is 3.63. The van der Waals surface area contributed by atoms with Gasteiger partial charge in [0.25, 0.3) is 5.91 Å². The number of nitriles is 1. The maximum Gasteiger partial charge on any atom is 0.340 e. The molecule has 7 heteroatoms. The Morgan fingerprint density at radius 2 is 1.87 bits per heavy atom. The molecular formula is C24H27N3O4. The molecule has 2 aromatic rings. The van der Waals surface area contributed by atoms with Gasteiger partial charge in [-0.2, -0.15) is 5.26 Å². The van der Waals surface area contributed by atoms with Gasteiger partial charge in [0.1, 0.15) is 17.4 Å². The maximum atomic E-state index is 12.3. The normalized spacial score (nSPS) is 10.7. The molecule has 0 bridgehead atoms. The summed E-state index contributed by atoms with van der Waals surface area (Å²) in [6.45, 7) is 2.74. The largest absolute Gasteiger partial charge is 0.497 e. The van der Waals surface area contributed by atoms with Gasteiger partial charge in [-0.05, 0) is 42.7 Å². The second-order valence-corrected chi connectivity index (χ2v) is 6.70. The number of amides is 1. The van der Waals surface area contributed by atoms with Crippen LogP contribution in [0.25, 0.3) is 0 Å². The number of hydrogen-bond acceptors (Lipinski definition) is 6. The topological polar surface area (TPSA) is 100 Å². The van der Waals surface area contributed by atoms with Crippen molar-refractivity contribution in [3.8, 4) is 11.8 Å². The van der Waals surface area contributed by atoms with E-state index in [-0.39, 0.29) is 5.57 Å². The van der Waals surface area contributed by atoms with Crippen LogP contribution in [0.3, 0.4) is 0 Å². The monoisotopic (exact) mass is 421 g/mol. The molecule has 0 saturated heterocycles. The van der Waals surface area contributed by atoms with Gasteiger partial charge in [0.05, 0.1) is 25.0 Å². The fraction of sp³-hybridized carbons (Fsp3) is 0.292. The van der Waals surface area contributed by atoms with Gasteiger partial charge in [-0.3, -0.25) is 4.79 Å². The third-order valence-electron chi connectivity index (χ3n) is 4.47. The summed E-state index contributed by atoms with van der Waals surface area (Å²) in [7, 11) is 1.60. The number of nitrogens with zero attached hydrogens (tertiary/aromatic N) is 1. The summed E-state index contributed by atoms with van der Waals surface area (Å²) in [5.41, 5.74) is 1.75. The Hall–Kier alpha value is -3.79. The Kier molecular flexibility index (Phi) is 9.63. The lowest BCUT2D eigenvalue weighted by Gasteiger charge is -2.10. The number of benzene rings is 2. The molecular weight excluding hydrogens is 394 g/mol. The van der Waals surface area contributed by atoms with E-state index in [0.29, 0.717) is 30.8 Å². The molecule has 1 amide bonds. The average Bonchev–Trinajstić information content (AvgIpc) is 2.80. The first-order valence-corrected chi connectivity index (χ1v) is 10.1. The van der Waals surface area contributed by atoms with E-state index in [0.717, 1.165) is 24.2 Å². The minimum absolute atomic E-state index is 0.0936. The second-order valence-electron chi connectivity index (χ2n) is 6.70. The summed E-state index contributed by atoms with van der Waals surface area (Å²) in [5, 5.41) is 14.9. The molecule has 31 heavy (non-hydrogen) atoms. The van der Waals surface area contributed by atoms with Gasteiger partial charge in [-0.1, -0.05) is 37.6 Å². The number of hydrogen-bond donors (Lipinski definition) is 2. The van der Waals surface area contributed by atoms with Gasteiger partial charge in [0.15, 0.2) is 0 Å². The van der Waals surface area contributed by atoms with E-state index in [9.17, 15) is 14.9 Å². The molecule has 2 aromatic carbocycles. The van der Waals surface area contributed by atoms with Crippen molar-refractivity contribution in [1.29, 1.82) is 5.26 Å². The molecule has 7 nitrogen and oxygen atoms in total. The quantitative estimate of drug-likeness (QED) is 0.248. The molecule has 0 aliphatic heterocycles. The van der Waals surface area contributed by atoms with Crippen LogP contribution >= 0.6 is 0 Å². The van der Waals surface area contributed by atoms with Gasteiger partial charge in [-0.25, -0.2) is 4.79 Å². The lowest BCUT2D eigenvalue weighted by Crippen LogP contribution is -2.27. The molecule has 2 rings (SSSR count). The smallest absolute Gasteiger partial charge is 0.340 e. The molecule has 0 aliphatic rings. The minimum atomic E-state index is -0.494. The average molecular weight is 421 g/mol. The highest BCUT2D eigenvalue weighted by Crippen LogP contribution is 2.17. The molecule has 0 saturated carbocycles. The number of rotatable bonds is 11. The van der Waals surface area contributed by atoms with Crippen LogP contribution in [0.15, 0.2) is 60.3 Å². The molecule has 0 spiro atoms. The Morgan fingerprint density at radius 3 is 2.55 bits per heavy atom. The first kappa shape index (κ1) is 23.5. The van der Waals surface area contributed by atoms with E-state index >= 15 is 0 Å². The van der Waals surface area contributed by atoms with Crippen LogP contribution in [-0.2, 0) is 16.0 Å². The third-order valence-corrected chi connectivity index (χ3v) is 4.47. The van der Waals surface area contributed by atoms with Crippen molar-refractivity contribution in [2.75, 3.05) is 25.6 Å². The van der Waals surface area contributed by atoms with Gasteiger partial charge in [0.2, 0.25) is 0 Å². The highest BCUT2D eigenvalue weighted by atomic mass is 16.5. The van der Waals surface area contributed by atoms with Gasteiger partial charge in [-0.15, -0.1) is 0 Å². The Morgan fingerprint density at radius 1 is 1.13 bits per heavy atom. The van der Waals surface area contributed by atoms with Crippen molar-refractivity contribution in [3.63, 3.8) is 0 Å². The summed E-state index contributed by atoms with van der Waals surface area (Å²) in [5.74, 6) is -0.179. The summed E-state index contributed by atoms with van der Waals surface area (Å²) in [6, 6.07) is 16.2. The summed E-state index contributed by atoms with van der Waals surface area (Å²) in [4.78, 5) is 24.6. The first-order chi connectivity index (χ1) is 15.1. The van der Waals surface area contributed by atoms with Crippen molar-refractivity contribution < 1.29 is 19.1 Å².